The summed E-state index contributed by atoms with van der Waals surface area (Å²) in [5, 5.41) is 3.85. The van der Waals surface area contributed by atoms with E-state index in [0.29, 0.717) is 31.5 Å². The molecule has 86 valence electrons. The SMILES string of the molecule is CCOCc1noc(C(C)(CC)CN)n1. The Morgan fingerprint density at radius 2 is 2.20 bits per heavy atom. The van der Waals surface area contributed by atoms with E-state index in [0.717, 1.165) is 6.42 Å². The summed E-state index contributed by atoms with van der Waals surface area (Å²) < 4.78 is 10.4. The van der Waals surface area contributed by atoms with Gasteiger partial charge in [-0.15, -0.1) is 0 Å². The number of rotatable bonds is 6. The second-order valence-corrected chi connectivity index (χ2v) is 3.77. The average Bonchev–Trinajstić information content (AvgIpc) is 2.74. The van der Waals surface area contributed by atoms with Crippen molar-refractivity contribution in [1.29, 1.82) is 0 Å². The molecule has 1 atom stereocenters. The molecule has 0 spiro atoms. The van der Waals surface area contributed by atoms with Crippen molar-refractivity contribution in [3.8, 4) is 0 Å². The minimum absolute atomic E-state index is 0.225. The Labute approximate surface area is 90.0 Å². The summed E-state index contributed by atoms with van der Waals surface area (Å²) in [5.74, 6) is 1.18. The van der Waals surface area contributed by atoms with Crippen LogP contribution >= 0.6 is 0 Å². The van der Waals surface area contributed by atoms with Crippen molar-refractivity contribution in [2.75, 3.05) is 13.2 Å². The third-order valence-electron chi connectivity index (χ3n) is 2.65. The predicted molar refractivity (Wildman–Crippen MR) is 56.3 cm³/mol. The standard InChI is InChI=1S/C10H19N3O2/c1-4-10(3,7-11)9-12-8(13-15-9)6-14-5-2/h4-7,11H2,1-3H3. The fraction of sp³-hybridized carbons (Fsp3) is 0.800. The maximum Gasteiger partial charge on any atom is 0.233 e. The quantitative estimate of drug-likeness (QED) is 0.769. The highest BCUT2D eigenvalue weighted by molar-refractivity contribution is 5.03. The molecule has 5 heteroatoms. The summed E-state index contributed by atoms with van der Waals surface area (Å²) in [4.78, 5) is 4.28. The monoisotopic (exact) mass is 213 g/mol. The van der Waals surface area contributed by atoms with Gasteiger partial charge in [0.05, 0.1) is 5.41 Å². The second-order valence-electron chi connectivity index (χ2n) is 3.77. The predicted octanol–water partition coefficient (Wildman–Crippen LogP) is 1.23. The van der Waals surface area contributed by atoms with Gasteiger partial charge in [-0.3, -0.25) is 0 Å². The molecule has 0 saturated carbocycles. The fourth-order valence-electron chi connectivity index (χ4n) is 1.13. The van der Waals surface area contributed by atoms with Crippen molar-refractivity contribution in [3.05, 3.63) is 11.7 Å². The van der Waals surface area contributed by atoms with Crippen molar-refractivity contribution in [2.24, 2.45) is 5.73 Å². The number of nitrogens with zero attached hydrogens (tertiary/aromatic N) is 2. The number of nitrogens with two attached hydrogens (primary N) is 1. The number of ether oxygens (including phenoxy) is 1. The van der Waals surface area contributed by atoms with E-state index in [9.17, 15) is 0 Å². The van der Waals surface area contributed by atoms with E-state index < -0.39 is 0 Å². The third-order valence-corrected chi connectivity index (χ3v) is 2.65. The van der Waals surface area contributed by atoms with Gasteiger partial charge in [0, 0.05) is 13.2 Å². The van der Waals surface area contributed by atoms with Gasteiger partial charge in [0.2, 0.25) is 5.89 Å². The van der Waals surface area contributed by atoms with Crippen LogP contribution in [0.1, 0.15) is 38.9 Å². The van der Waals surface area contributed by atoms with E-state index in [-0.39, 0.29) is 5.41 Å². The molecule has 0 aromatic carbocycles. The van der Waals surface area contributed by atoms with Gasteiger partial charge in [0.1, 0.15) is 6.61 Å². The van der Waals surface area contributed by atoms with E-state index in [2.05, 4.69) is 17.1 Å². The van der Waals surface area contributed by atoms with Crippen LogP contribution in [0.4, 0.5) is 0 Å². The number of aromatic nitrogens is 2. The van der Waals surface area contributed by atoms with Gasteiger partial charge in [-0.05, 0) is 20.3 Å². The summed E-state index contributed by atoms with van der Waals surface area (Å²) in [5.41, 5.74) is 5.48. The molecule has 1 rings (SSSR count). The average molecular weight is 213 g/mol. The van der Waals surface area contributed by atoms with E-state index in [1.165, 1.54) is 0 Å². The zero-order chi connectivity index (χ0) is 11.3. The highest BCUT2D eigenvalue weighted by Crippen LogP contribution is 2.24. The van der Waals surface area contributed by atoms with Gasteiger partial charge in [0.15, 0.2) is 5.82 Å². The molecule has 15 heavy (non-hydrogen) atoms. The Hall–Kier alpha value is -0.940. The van der Waals surface area contributed by atoms with E-state index in [1.807, 2.05) is 13.8 Å². The molecule has 0 fully saturated rings. The first-order valence-electron chi connectivity index (χ1n) is 5.27. The molecular formula is C10H19N3O2. The van der Waals surface area contributed by atoms with Crippen molar-refractivity contribution in [2.45, 2.75) is 39.2 Å². The molecule has 1 heterocycles. The van der Waals surface area contributed by atoms with Crippen LogP contribution in [-0.4, -0.2) is 23.3 Å². The largest absolute Gasteiger partial charge is 0.374 e. The minimum atomic E-state index is -0.225. The van der Waals surface area contributed by atoms with Crippen molar-refractivity contribution in [3.63, 3.8) is 0 Å². The Balaban J connectivity index is 2.74. The lowest BCUT2D eigenvalue weighted by molar-refractivity contribution is 0.126. The lowest BCUT2D eigenvalue weighted by Gasteiger charge is -2.20. The van der Waals surface area contributed by atoms with Crippen LogP contribution in [0.25, 0.3) is 0 Å². The molecule has 2 N–H and O–H groups in total. The molecule has 0 radical (unpaired) electrons. The van der Waals surface area contributed by atoms with E-state index in [4.69, 9.17) is 15.0 Å². The third kappa shape index (κ3) is 2.76. The molecule has 0 amide bonds. The van der Waals surface area contributed by atoms with Crippen molar-refractivity contribution < 1.29 is 9.26 Å². The summed E-state index contributed by atoms with van der Waals surface area (Å²) in [6, 6.07) is 0. The first-order valence-corrected chi connectivity index (χ1v) is 5.27. The molecule has 0 aliphatic carbocycles. The number of hydrogen-bond donors (Lipinski definition) is 1. The van der Waals surface area contributed by atoms with Gasteiger partial charge in [-0.2, -0.15) is 4.98 Å². The van der Waals surface area contributed by atoms with Crippen LogP contribution in [0.3, 0.4) is 0 Å². The summed E-state index contributed by atoms with van der Waals surface area (Å²) >= 11 is 0. The zero-order valence-electron chi connectivity index (χ0n) is 9.62. The molecule has 1 aromatic heterocycles. The van der Waals surface area contributed by atoms with Crippen LogP contribution < -0.4 is 5.73 Å². The summed E-state index contributed by atoms with van der Waals surface area (Å²) in [6.45, 7) is 7.54. The Kier molecular flexibility index (Phi) is 4.23. The van der Waals surface area contributed by atoms with E-state index >= 15 is 0 Å². The molecule has 0 aliphatic rings. The molecule has 0 aliphatic heterocycles. The minimum Gasteiger partial charge on any atom is -0.374 e. The molecular weight excluding hydrogens is 194 g/mol. The van der Waals surface area contributed by atoms with Crippen molar-refractivity contribution >= 4 is 0 Å². The molecule has 1 unspecified atom stereocenters. The van der Waals surface area contributed by atoms with Crippen LogP contribution in [0.15, 0.2) is 4.52 Å². The van der Waals surface area contributed by atoms with Gasteiger partial charge in [-0.1, -0.05) is 12.1 Å². The molecule has 0 bridgehead atoms. The van der Waals surface area contributed by atoms with Gasteiger partial charge < -0.3 is 15.0 Å². The first-order chi connectivity index (χ1) is 7.16. The highest BCUT2D eigenvalue weighted by atomic mass is 16.5. The smallest absolute Gasteiger partial charge is 0.233 e. The van der Waals surface area contributed by atoms with Crippen LogP contribution in [0, 0.1) is 0 Å². The Morgan fingerprint density at radius 1 is 1.47 bits per heavy atom. The second kappa shape index (κ2) is 5.23. The van der Waals surface area contributed by atoms with Crippen molar-refractivity contribution in [1.82, 2.24) is 10.1 Å². The first kappa shape index (κ1) is 12.1. The molecule has 0 saturated heterocycles. The normalized spacial score (nSPS) is 15.2. The maximum absolute atomic E-state index is 5.70. The Bertz CT molecular complexity index is 295. The molecule has 5 nitrogen and oxygen atoms in total. The Morgan fingerprint density at radius 3 is 2.73 bits per heavy atom. The topological polar surface area (TPSA) is 74.2 Å². The van der Waals surface area contributed by atoms with Gasteiger partial charge >= 0.3 is 0 Å². The van der Waals surface area contributed by atoms with Gasteiger partial charge in [0.25, 0.3) is 0 Å². The van der Waals surface area contributed by atoms with E-state index in [1.54, 1.807) is 0 Å². The fourth-order valence-corrected chi connectivity index (χ4v) is 1.13. The van der Waals surface area contributed by atoms with Crippen LogP contribution in [0.2, 0.25) is 0 Å². The summed E-state index contributed by atoms with van der Waals surface area (Å²) in [6.07, 6.45) is 0.875. The van der Waals surface area contributed by atoms with Crippen LogP contribution in [0.5, 0.6) is 0 Å². The lowest BCUT2D eigenvalue weighted by Crippen LogP contribution is -2.31. The maximum atomic E-state index is 5.70. The summed E-state index contributed by atoms with van der Waals surface area (Å²) in [7, 11) is 0. The zero-order valence-corrected chi connectivity index (χ0v) is 9.62. The molecule has 1 aromatic rings. The lowest BCUT2D eigenvalue weighted by atomic mass is 9.88. The highest BCUT2D eigenvalue weighted by Gasteiger charge is 2.29. The van der Waals surface area contributed by atoms with Gasteiger partial charge in [-0.25, -0.2) is 0 Å². The van der Waals surface area contributed by atoms with Crippen LogP contribution in [-0.2, 0) is 16.8 Å². The number of hydrogen-bond acceptors (Lipinski definition) is 5.